The van der Waals surface area contributed by atoms with Crippen LogP contribution in [-0.2, 0) is 4.79 Å². The van der Waals surface area contributed by atoms with E-state index < -0.39 is 18.2 Å². The van der Waals surface area contributed by atoms with Crippen molar-refractivity contribution >= 4 is 23.6 Å². The summed E-state index contributed by atoms with van der Waals surface area (Å²) >= 11 is 0. The van der Waals surface area contributed by atoms with E-state index in [0.29, 0.717) is 5.96 Å². The van der Waals surface area contributed by atoms with Gasteiger partial charge in [0.05, 0.1) is 0 Å². The number of nitrogens with zero attached hydrogens (tertiary/aromatic N) is 4. The predicted octanol–water partition coefficient (Wildman–Crippen LogP) is 2.27. The van der Waals surface area contributed by atoms with Crippen LogP contribution in [0.4, 0.5) is 4.79 Å². The molecule has 2 aliphatic heterocycles. The molecule has 0 aromatic rings. The molecule has 0 aliphatic carbocycles. The molecule has 0 radical (unpaired) electrons. The fourth-order valence-electron chi connectivity index (χ4n) is 3.15. The minimum Gasteiger partial charge on any atom is -0.326 e. The maximum Gasteiger partial charge on any atom is 0.325 e. The number of amides is 3. The van der Waals surface area contributed by atoms with Crippen molar-refractivity contribution in [3.8, 4) is 0 Å². The van der Waals surface area contributed by atoms with Crippen LogP contribution in [0.2, 0.25) is 0 Å². The SMILES string of the molecule is CCCCCCCCN1C(N/N=C(/C)CC)=NC2C1C(=O)NC(=O)N2C. The van der Waals surface area contributed by atoms with E-state index in [9.17, 15) is 9.59 Å². The second kappa shape index (κ2) is 9.54. The molecule has 2 unspecified atom stereocenters. The summed E-state index contributed by atoms with van der Waals surface area (Å²) in [5, 5.41) is 6.74. The molecule has 2 aliphatic rings. The van der Waals surface area contributed by atoms with Crippen molar-refractivity contribution in [2.24, 2.45) is 10.1 Å². The van der Waals surface area contributed by atoms with Crippen LogP contribution in [0.1, 0.15) is 65.7 Å². The molecular formula is C18H32N6O2. The Morgan fingerprint density at radius 3 is 2.58 bits per heavy atom. The molecule has 1 saturated heterocycles. The molecule has 2 N–H and O–H groups in total. The Hall–Kier alpha value is -2.12. The number of guanidine groups is 1. The first-order chi connectivity index (χ1) is 12.5. The van der Waals surface area contributed by atoms with Gasteiger partial charge in [0.15, 0.2) is 12.2 Å². The number of hydrazone groups is 1. The number of hydrogen-bond acceptors (Lipinski definition) is 6. The van der Waals surface area contributed by atoms with E-state index in [-0.39, 0.29) is 5.91 Å². The largest absolute Gasteiger partial charge is 0.326 e. The molecule has 2 heterocycles. The summed E-state index contributed by atoms with van der Waals surface area (Å²) in [6, 6.07) is -0.901. The third-order valence-electron chi connectivity index (χ3n) is 4.97. The van der Waals surface area contributed by atoms with Crippen molar-refractivity contribution < 1.29 is 9.59 Å². The molecule has 2 rings (SSSR count). The lowest BCUT2D eigenvalue weighted by atomic mass is 10.1. The number of fused-ring (bicyclic) bond motifs is 1. The van der Waals surface area contributed by atoms with Crippen molar-refractivity contribution in [3.05, 3.63) is 0 Å². The highest BCUT2D eigenvalue weighted by atomic mass is 16.2. The van der Waals surface area contributed by atoms with Crippen molar-refractivity contribution in [1.82, 2.24) is 20.5 Å². The molecule has 0 spiro atoms. The lowest BCUT2D eigenvalue weighted by Gasteiger charge is -2.36. The van der Waals surface area contributed by atoms with Gasteiger partial charge >= 0.3 is 6.03 Å². The van der Waals surface area contributed by atoms with Gasteiger partial charge in [0.25, 0.3) is 5.91 Å². The molecule has 146 valence electrons. The normalized spacial score (nSPS) is 23.1. The van der Waals surface area contributed by atoms with Gasteiger partial charge in [-0.05, 0) is 19.8 Å². The molecular weight excluding hydrogens is 332 g/mol. The zero-order valence-corrected chi connectivity index (χ0v) is 16.4. The van der Waals surface area contributed by atoms with Crippen LogP contribution >= 0.6 is 0 Å². The molecule has 8 heteroatoms. The fourth-order valence-corrected chi connectivity index (χ4v) is 3.15. The molecule has 0 saturated carbocycles. The Bertz CT molecular complexity index is 574. The summed E-state index contributed by atoms with van der Waals surface area (Å²) in [5.74, 6) is 0.277. The number of urea groups is 1. The molecule has 8 nitrogen and oxygen atoms in total. The summed E-state index contributed by atoms with van der Waals surface area (Å²) in [6.07, 6.45) is 7.38. The minimum absolute atomic E-state index is 0.291. The quantitative estimate of drug-likeness (QED) is 0.373. The highest BCUT2D eigenvalue weighted by Gasteiger charge is 2.48. The van der Waals surface area contributed by atoms with Gasteiger partial charge in [-0.2, -0.15) is 5.10 Å². The van der Waals surface area contributed by atoms with E-state index in [4.69, 9.17) is 0 Å². The molecule has 3 amide bonds. The molecule has 0 bridgehead atoms. The Morgan fingerprint density at radius 2 is 1.88 bits per heavy atom. The van der Waals surface area contributed by atoms with E-state index in [1.807, 2.05) is 18.7 Å². The van der Waals surface area contributed by atoms with Crippen LogP contribution in [0, 0.1) is 0 Å². The molecule has 0 aromatic heterocycles. The summed E-state index contributed by atoms with van der Waals surface area (Å²) in [5.41, 5.74) is 3.96. The smallest absolute Gasteiger partial charge is 0.325 e. The van der Waals surface area contributed by atoms with Crippen molar-refractivity contribution in [3.63, 3.8) is 0 Å². The first-order valence-corrected chi connectivity index (χ1v) is 9.70. The van der Waals surface area contributed by atoms with Gasteiger partial charge in [-0.1, -0.05) is 46.0 Å². The number of likely N-dealkylation sites (N-methyl/N-ethyl adjacent to an activating group) is 1. The van der Waals surface area contributed by atoms with Gasteiger partial charge in [-0.3, -0.25) is 10.1 Å². The summed E-state index contributed by atoms with van der Waals surface area (Å²) in [7, 11) is 1.66. The lowest BCUT2D eigenvalue weighted by molar-refractivity contribution is -0.127. The third kappa shape index (κ3) is 4.74. The van der Waals surface area contributed by atoms with Crippen LogP contribution in [0.3, 0.4) is 0 Å². The number of imide groups is 1. The molecule has 2 atom stereocenters. The summed E-state index contributed by atoms with van der Waals surface area (Å²) < 4.78 is 0. The van der Waals surface area contributed by atoms with Gasteiger partial charge in [0.1, 0.15) is 0 Å². The second-order valence-electron chi connectivity index (χ2n) is 6.99. The molecule has 1 fully saturated rings. The average molecular weight is 364 g/mol. The average Bonchev–Trinajstić information content (AvgIpc) is 2.99. The van der Waals surface area contributed by atoms with Crippen molar-refractivity contribution in [2.75, 3.05) is 13.6 Å². The topological polar surface area (TPSA) is 89.4 Å². The Balaban J connectivity index is 2.06. The van der Waals surface area contributed by atoms with Crippen LogP contribution in [0.15, 0.2) is 10.1 Å². The van der Waals surface area contributed by atoms with Gasteiger partial charge < -0.3 is 9.80 Å². The van der Waals surface area contributed by atoms with E-state index in [1.54, 1.807) is 7.05 Å². The van der Waals surface area contributed by atoms with Crippen LogP contribution in [0.25, 0.3) is 0 Å². The van der Waals surface area contributed by atoms with Crippen LogP contribution < -0.4 is 10.7 Å². The van der Waals surface area contributed by atoms with Crippen LogP contribution in [-0.4, -0.2) is 59.2 Å². The van der Waals surface area contributed by atoms with E-state index >= 15 is 0 Å². The number of nitrogens with one attached hydrogen (secondary N) is 2. The van der Waals surface area contributed by atoms with E-state index in [1.165, 1.54) is 30.6 Å². The Kier molecular flexibility index (Phi) is 7.41. The first kappa shape index (κ1) is 20.2. The maximum atomic E-state index is 12.4. The summed E-state index contributed by atoms with van der Waals surface area (Å²) in [4.78, 5) is 32.3. The zero-order valence-electron chi connectivity index (χ0n) is 16.4. The van der Waals surface area contributed by atoms with Gasteiger partial charge in [-0.25, -0.2) is 15.2 Å². The number of unbranched alkanes of at least 4 members (excludes halogenated alkanes) is 5. The fraction of sp³-hybridized carbons (Fsp3) is 0.778. The van der Waals surface area contributed by atoms with Gasteiger partial charge in [0.2, 0.25) is 5.96 Å². The molecule has 26 heavy (non-hydrogen) atoms. The third-order valence-corrected chi connectivity index (χ3v) is 4.97. The van der Waals surface area contributed by atoms with E-state index in [0.717, 1.165) is 31.5 Å². The van der Waals surface area contributed by atoms with E-state index in [2.05, 4.69) is 27.8 Å². The first-order valence-electron chi connectivity index (χ1n) is 9.70. The van der Waals surface area contributed by atoms with Gasteiger partial charge in [-0.15, -0.1) is 0 Å². The van der Waals surface area contributed by atoms with Crippen molar-refractivity contribution in [2.45, 2.75) is 77.9 Å². The number of aliphatic imine (C=N–C) groups is 1. The predicted molar refractivity (Wildman–Crippen MR) is 103 cm³/mol. The highest BCUT2D eigenvalue weighted by Crippen LogP contribution is 2.24. The van der Waals surface area contributed by atoms with Crippen molar-refractivity contribution in [1.29, 1.82) is 0 Å². The lowest BCUT2D eigenvalue weighted by Crippen LogP contribution is -2.64. The number of carbonyl (C=O) groups is 2. The number of rotatable bonds is 9. The monoisotopic (exact) mass is 364 g/mol. The number of hydrogen-bond donors (Lipinski definition) is 2. The standard InChI is InChI=1S/C18H32N6O2/c1-5-7-8-9-10-11-12-24-14-15(23(4)18(26)20-16(14)25)19-17(24)22-21-13(3)6-2/h14-15H,5-12H2,1-4H3,(H,19,22)(H,20,25,26)/b21-13-. The highest BCUT2D eigenvalue weighted by molar-refractivity contribution is 6.03. The maximum absolute atomic E-state index is 12.4. The second-order valence-corrected chi connectivity index (χ2v) is 6.99. The Labute approximate surface area is 156 Å². The van der Waals surface area contributed by atoms with Crippen LogP contribution in [0.5, 0.6) is 0 Å². The zero-order chi connectivity index (χ0) is 19.1. The molecule has 0 aromatic carbocycles. The minimum atomic E-state index is -0.504. The summed E-state index contributed by atoms with van der Waals surface area (Å²) in [6.45, 7) is 6.90. The number of carbonyl (C=O) groups excluding carboxylic acids is 2. The Morgan fingerprint density at radius 1 is 1.19 bits per heavy atom. The van der Waals surface area contributed by atoms with Gasteiger partial charge in [0, 0.05) is 19.3 Å².